The van der Waals surface area contributed by atoms with E-state index in [2.05, 4.69) is 115 Å². The van der Waals surface area contributed by atoms with Gasteiger partial charge in [-0.15, -0.1) is 0 Å². The largest absolute Gasteiger partial charge is 0.308 e. The predicted molar refractivity (Wildman–Crippen MR) is 155 cm³/mol. The zero-order chi connectivity index (χ0) is 23.4. The van der Waals surface area contributed by atoms with Gasteiger partial charge in [0.2, 0.25) is 0 Å². The minimum Gasteiger partial charge on any atom is -0.308 e. The van der Waals surface area contributed by atoms with Crippen LogP contribution in [0.5, 0.6) is 0 Å². The van der Waals surface area contributed by atoms with E-state index < -0.39 is 0 Å². The standard InChI is InChI=1S/C31H25IN2/c1-17-22-8-5-18(16-31(2,3)4)13-20(22)14-25-28-27-19(11-12-33-28)6-9-24-23-10-7-21(32)15-26(23)34(29(17)25)30(24)27/h5-15H,16H2,1-4H3. The number of benzene rings is 4. The van der Waals surface area contributed by atoms with Crippen LogP contribution < -0.4 is 0 Å². The monoisotopic (exact) mass is 552 g/mol. The first-order chi connectivity index (χ1) is 16.3. The van der Waals surface area contributed by atoms with Crippen LogP contribution in [0.4, 0.5) is 0 Å². The summed E-state index contributed by atoms with van der Waals surface area (Å²) < 4.78 is 3.76. The van der Waals surface area contributed by atoms with Crippen molar-refractivity contribution in [2.45, 2.75) is 34.1 Å². The topological polar surface area (TPSA) is 17.3 Å². The predicted octanol–water partition coefficient (Wildman–Crippen LogP) is 9.04. The molecule has 0 aliphatic carbocycles. The first kappa shape index (κ1) is 20.5. The summed E-state index contributed by atoms with van der Waals surface area (Å²) in [7, 11) is 0. The fraction of sp³-hybridized carbons (Fsp3) is 0.194. The molecule has 7 rings (SSSR count). The van der Waals surface area contributed by atoms with Gasteiger partial charge >= 0.3 is 0 Å². The van der Waals surface area contributed by atoms with E-state index >= 15 is 0 Å². The quantitative estimate of drug-likeness (QED) is 0.113. The van der Waals surface area contributed by atoms with Gasteiger partial charge in [0.05, 0.1) is 22.1 Å². The highest BCUT2D eigenvalue weighted by Gasteiger charge is 2.21. The van der Waals surface area contributed by atoms with Crippen molar-refractivity contribution in [3.05, 3.63) is 81.6 Å². The van der Waals surface area contributed by atoms with Gasteiger partial charge in [0.1, 0.15) is 0 Å². The van der Waals surface area contributed by atoms with Crippen molar-refractivity contribution >= 4 is 82.4 Å². The number of nitrogens with zero attached hydrogens (tertiary/aromatic N) is 2. The molecule has 3 heteroatoms. The molecule has 3 heterocycles. The van der Waals surface area contributed by atoms with E-state index in [0.717, 1.165) is 11.9 Å². The van der Waals surface area contributed by atoms with Crippen molar-refractivity contribution < 1.29 is 0 Å². The fourth-order valence-electron chi connectivity index (χ4n) is 5.99. The van der Waals surface area contributed by atoms with Gasteiger partial charge < -0.3 is 4.40 Å². The third kappa shape index (κ3) is 2.76. The second-order valence-electron chi connectivity index (χ2n) is 10.9. The highest BCUT2D eigenvalue weighted by molar-refractivity contribution is 14.1. The maximum absolute atomic E-state index is 4.96. The Hall–Kier alpha value is -2.92. The van der Waals surface area contributed by atoms with E-state index in [1.807, 2.05) is 6.20 Å². The van der Waals surface area contributed by atoms with Crippen molar-refractivity contribution in [3.8, 4) is 0 Å². The Morgan fingerprint density at radius 2 is 1.59 bits per heavy atom. The van der Waals surface area contributed by atoms with Crippen molar-refractivity contribution in [2.75, 3.05) is 0 Å². The Bertz CT molecular complexity index is 1940. The van der Waals surface area contributed by atoms with Gasteiger partial charge in [0.15, 0.2) is 0 Å². The molecule has 0 fully saturated rings. The van der Waals surface area contributed by atoms with Gasteiger partial charge in [0, 0.05) is 31.3 Å². The first-order valence-electron chi connectivity index (χ1n) is 11.9. The average molecular weight is 552 g/mol. The molecule has 4 aromatic carbocycles. The second-order valence-corrected chi connectivity index (χ2v) is 12.2. The third-order valence-corrected chi connectivity index (χ3v) is 7.93. The van der Waals surface area contributed by atoms with Crippen LogP contribution in [0.2, 0.25) is 0 Å². The summed E-state index contributed by atoms with van der Waals surface area (Å²) >= 11 is 2.43. The van der Waals surface area contributed by atoms with Gasteiger partial charge in [-0.2, -0.15) is 0 Å². The number of aryl methyl sites for hydroxylation is 1. The highest BCUT2D eigenvalue weighted by atomic mass is 127. The van der Waals surface area contributed by atoms with E-state index in [1.165, 1.54) is 69.0 Å². The van der Waals surface area contributed by atoms with Crippen LogP contribution in [0.3, 0.4) is 0 Å². The maximum Gasteiger partial charge on any atom is 0.0823 e. The summed E-state index contributed by atoms with van der Waals surface area (Å²) in [6.45, 7) is 9.20. The molecule has 0 amide bonds. The van der Waals surface area contributed by atoms with Gasteiger partial charge in [-0.25, -0.2) is 0 Å². The van der Waals surface area contributed by atoms with Gasteiger partial charge in [0.25, 0.3) is 0 Å². The SMILES string of the molecule is Cc1c2ccc(CC(C)(C)C)cc2cc2c3nccc4ccc5c6ccc(I)cc6n(c12)c5c43. The number of aromatic nitrogens is 2. The van der Waals surface area contributed by atoms with Crippen LogP contribution in [-0.2, 0) is 6.42 Å². The van der Waals surface area contributed by atoms with Gasteiger partial charge in [-0.1, -0.05) is 57.2 Å². The fourth-order valence-corrected chi connectivity index (χ4v) is 6.47. The molecule has 0 atom stereocenters. The minimum atomic E-state index is 0.260. The van der Waals surface area contributed by atoms with Crippen molar-refractivity contribution in [2.24, 2.45) is 5.41 Å². The van der Waals surface area contributed by atoms with Crippen molar-refractivity contribution in [1.82, 2.24) is 9.38 Å². The summed E-state index contributed by atoms with van der Waals surface area (Å²) in [5.41, 5.74) is 7.92. The van der Waals surface area contributed by atoms with Crippen LogP contribution in [0.25, 0.3) is 59.8 Å². The molecule has 0 saturated heterocycles. The number of rotatable bonds is 1. The van der Waals surface area contributed by atoms with Crippen LogP contribution >= 0.6 is 22.6 Å². The lowest BCUT2D eigenvalue weighted by atomic mass is 9.87. The number of halogens is 1. The molecule has 0 spiro atoms. The third-order valence-electron chi connectivity index (χ3n) is 7.26. The summed E-state index contributed by atoms with van der Waals surface area (Å²) in [4.78, 5) is 4.96. The Morgan fingerprint density at radius 1 is 0.794 bits per heavy atom. The van der Waals surface area contributed by atoms with Crippen molar-refractivity contribution in [3.63, 3.8) is 0 Å². The molecule has 7 aromatic rings. The number of fused-ring (bicyclic) bond motifs is 7. The number of hydrogen-bond acceptors (Lipinski definition) is 1. The average Bonchev–Trinajstić information content (AvgIpc) is 3.11. The van der Waals surface area contributed by atoms with Crippen LogP contribution in [0.15, 0.2) is 66.9 Å². The smallest absolute Gasteiger partial charge is 0.0823 e. The van der Waals surface area contributed by atoms with E-state index in [0.29, 0.717) is 0 Å². The normalized spacial score (nSPS) is 13.0. The molecule has 0 aliphatic heterocycles. The lowest BCUT2D eigenvalue weighted by Crippen LogP contribution is -2.09. The molecular weight excluding hydrogens is 527 g/mol. The van der Waals surface area contributed by atoms with Crippen LogP contribution in [0, 0.1) is 15.9 Å². The molecule has 166 valence electrons. The molecule has 3 aromatic heterocycles. The molecule has 0 aliphatic rings. The van der Waals surface area contributed by atoms with E-state index in [4.69, 9.17) is 4.98 Å². The molecule has 2 nitrogen and oxygen atoms in total. The Morgan fingerprint density at radius 3 is 2.41 bits per heavy atom. The zero-order valence-electron chi connectivity index (χ0n) is 19.8. The summed E-state index contributed by atoms with van der Waals surface area (Å²) in [5.74, 6) is 0. The van der Waals surface area contributed by atoms with Crippen LogP contribution in [-0.4, -0.2) is 9.38 Å². The first-order valence-corrected chi connectivity index (χ1v) is 13.0. The number of hydrogen-bond donors (Lipinski definition) is 0. The minimum absolute atomic E-state index is 0.260. The van der Waals surface area contributed by atoms with E-state index in [-0.39, 0.29) is 5.41 Å². The lowest BCUT2D eigenvalue weighted by molar-refractivity contribution is 0.411. The van der Waals surface area contributed by atoms with E-state index in [9.17, 15) is 0 Å². The molecule has 0 bridgehead atoms. The van der Waals surface area contributed by atoms with Crippen molar-refractivity contribution in [1.29, 1.82) is 0 Å². The molecule has 0 radical (unpaired) electrons. The summed E-state index contributed by atoms with van der Waals surface area (Å²) in [6, 6.07) is 22.9. The second kappa shape index (κ2) is 6.82. The number of pyridine rings is 2. The van der Waals surface area contributed by atoms with Gasteiger partial charge in [-0.3, -0.25) is 4.98 Å². The summed E-state index contributed by atoms with van der Waals surface area (Å²) in [6.07, 6.45) is 3.03. The lowest BCUT2D eigenvalue weighted by Gasteiger charge is -2.19. The van der Waals surface area contributed by atoms with Crippen LogP contribution in [0.1, 0.15) is 31.9 Å². The zero-order valence-corrected chi connectivity index (χ0v) is 22.0. The summed E-state index contributed by atoms with van der Waals surface area (Å²) in [5, 5.41) is 8.99. The Balaban J connectivity index is 1.75. The Kier molecular flexibility index (Phi) is 4.10. The van der Waals surface area contributed by atoms with E-state index in [1.54, 1.807) is 0 Å². The molecule has 34 heavy (non-hydrogen) atoms. The molecule has 0 unspecified atom stereocenters. The van der Waals surface area contributed by atoms with Gasteiger partial charge in [-0.05, 0) is 92.9 Å². The molecular formula is C31H25IN2. The Labute approximate surface area is 212 Å². The maximum atomic E-state index is 4.96. The molecule has 0 N–H and O–H groups in total. The highest BCUT2D eigenvalue weighted by Crippen LogP contribution is 2.43. The molecule has 0 saturated carbocycles.